The smallest absolute Gasteiger partial charge is 0.347 e. The second-order valence-electron chi connectivity index (χ2n) is 7.74. The van der Waals surface area contributed by atoms with Gasteiger partial charge >= 0.3 is 5.69 Å². The lowest BCUT2D eigenvalue weighted by Crippen LogP contribution is -2.34. The number of ether oxygens (including phenoxy) is 3. The lowest BCUT2D eigenvalue weighted by atomic mass is 10.0. The quantitative estimate of drug-likeness (QED) is 0.481. The van der Waals surface area contributed by atoms with Gasteiger partial charge in [0.15, 0.2) is 0 Å². The summed E-state index contributed by atoms with van der Waals surface area (Å²) in [6, 6.07) is 15.4. The number of hydrogen-bond acceptors (Lipinski definition) is 6. The summed E-state index contributed by atoms with van der Waals surface area (Å²) in [5.74, 6) is -0.231. The van der Waals surface area contributed by atoms with Gasteiger partial charge in [-0.25, -0.2) is 19.4 Å². The van der Waals surface area contributed by atoms with Gasteiger partial charge in [0.2, 0.25) is 5.79 Å². The van der Waals surface area contributed by atoms with E-state index in [1.54, 1.807) is 24.7 Å². The van der Waals surface area contributed by atoms with E-state index in [1.807, 2.05) is 42.0 Å². The van der Waals surface area contributed by atoms with Gasteiger partial charge in [-0.2, -0.15) is 5.10 Å². The number of aromatic amines is 1. The summed E-state index contributed by atoms with van der Waals surface area (Å²) in [6.07, 6.45) is 6.57. The van der Waals surface area contributed by atoms with Crippen LogP contribution in [0.3, 0.4) is 0 Å². The molecular formula is C23H23N5O4. The Bertz CT molecular complexity index is 1210. The minimum atomic E-state index is -0.908. The lowest BCUT2D eigenvalue weighted by molar-refractivity contribution is -0.189. The van der Waals surface area contributed by atoms with Gasteiger partial charge in [0.1, 0.15) is 24.8 Å². The summed E-state index contributed by atoms with van der Waals surface area (Å²) in [5, 5.41) is 6.11. The first-order valence-electron chi connectivity index (χ1n) is 10.3. The lowest BCUT2D eigenvalue weighted by Gasteiger charge is -2.29. The zero-order valence-electron chi connectivity index (χ0n) is 17.5. The highest BCUT2D eigenvalue weighted by Crippen LogP contribution is 2.36. The Morgan fingerprint density at radius 2 is 1.97 bits per heavy atom. The average molecular weight is 433 g/mol. The third kappa shape index (κ3) is 4.08. The maximum atomic E-state index is 11.7. The molecule has 9 heteroatoms. The van der Waals surface area contributed by atoms with E-state index in [0.29, 0.717) is 31.2 Å². The Morgan fingerprint density at radius 3 is 2.66 bits per heavy atom. The first kappa shape index (κ1) is 20.2. The number of imidazole rings is 1. The van der Waals surface area contributed by atoms with Crippen LogP contribution in [-0.2, 0) is 21.8 Å². The summed E-state index contributed by atoms with van der Waals surface area (Å²) in [7, 11) is 0. The molecule has 0 bridgehead atoms. The van der Waals surface area contributed by atoms with Crippen molar-refractivity contribution >= 4 is 0 Å². The Balaban J connectivity index is 1.28. The molecule has 9 nitrogen and oxygen atoms in total. The molecule has 1 fully saturated rings. The molecule has 1 saturated heterocycles. The van der Waals surface area contributed by atoms with Crippen LogP contribution in [0, 0.1) is 6.92 Å². The molecule has 2 aromatic heterocycles. The molecular weight excluding hydrogens is 410 g/mol. The second-order valence-corrected chi connectivity index (χ2v) is 7.74. The topological polar surface area (TPSA) is 96.2 Å². The Hall–Kier alpha value is -3.69. The Kier molecular flexibility index (Phi) is 5.34. The molecule has 0 saturated carbocycles. The van der Waals surface area contributed by atoms with Gasteiger partial charge in [-0.1, -0.05) is 29.8 Å². The number of aryl methyl sites for hydroxylation is 1. The molecule has 2 unspecified atom stereocenters. The molecule has 5 rings (SSSR count). The summed E-state index contributed by atoms with van der Waals surface area (Å²) in [5.41, 5.74) is 2.54. The van der Waals surface area contributed by atoms with Gasteiger partial charge < -0.3 is 18.8 Å². The van der Waals surface area contributed by atoms with Crippen molar-refractivity contribution in [3.05, 3.63) is 95.2 Å². The predicted molar refractivity (Wildman–Crippen MR) is 116 cm³/mol. The Morgan fingerprint density at radius 1 is 1.16 bits per heavy atom. The largest absolute Gasteiger partial charge is 0.491 e. The molecule has 164 valence electrons. The third-order valence-corrected chi connectivity index (χ3v) is 5.40. The molecule has 0 amide bonds. The van der Waals surface area contributed by atoms with Crippen molar-refractivity contribution in [1.29, 1.82) is 0 Å². The maximum Gasteiger partial charge on any atom is 0.347 e. The number of rotatable bonds is 7. The molecule has 32 heavy (non-hydrogen) atoms. The van der Waals surface area contributed by atoms with Crippen LogP contribution >= 0.6 is 0 Å². The zero-order chi connectivity index (χ0) is 22.0. The van der Waals surface area contributed by atoms with Crippen molar-refractivity contribution in [2.45, 2.75) is 25.4 Å². The van der Waals surface area contributed by atoms with Crippen molar-refractivity contribution in [3.8, 4) is 11.4 Å². The number of H-pyrrole nitrogens is 1. The van der Waals surface area contributed by atoms with Gasteiger partial charge in [-0.05, 0) is 31.2 Å². The maximum absolute atomic E-state index is 11.7. The normalized spacial score (nSPS) is 20.5. The third-order valence-electron chi connectivity index (χ3n) is 5.40. The van der Waals surface area contributed by atoms with Crippen LogP contribution in [0.4, 0.5) is 0 Å². The highest BCUT2D eigenvalue weighted by molar-refractivity contribution is 5.37. The monoisotopic (exact) mass is 433 g/mol. The van der Waals surface area contributed by atoms with Gasteiger partial charge in [-0.3, -0.25) is 0 Å². The van der Waals surface area contributed by atoms with Crippen molar-refractivity contribution in [2.24, 2.45) is 0 Å². The number of hydrogen-bond donors (Lipinski definition) is 1. The van der Waals surface area contributed by atoms with Crippen LogP contribution in [0.5, 0.6) is 5.75 Å². The number of nitrogens with one attached hydrogen (secondary N) is 1. The minimum Gasteiger partial charge on any atom is -0.491 e. The van der Waals surface area contributed by atoms with Crippen molar-refractivity contribution in [2.75, 3.05) is 13.2 Å². The molecule has 1 aliphatic heterocycles. The number of benzene rings is 2. The van der Waals surface area contributed by atoms with Gasteiger partial charge in [0.25, 0.3) is 0 Å². The van der Waals surface area contributed by atoms with Crippen LogP contribution in [0.25, 0.3) is 5.69 Å². The van der Waals surface area contributed by atoms with E-state index in [2.05, 4.69) is 27.3 Å². The van der Waals surface area contributed by atoms with Crippen LogP contribution in [0.1, 0.15) is 11.1 Å². The number of aromatic nitrogens is 5. The first-order valence-corrected chi connectivity index (χ1v) is 10.3. The van der Waals surface area contributed by atoms with E-state index in [4.69, 9.17) is 14.2 Å². The van der Waals surface area contributed by atoms with Crippen LogP contribution in [0.2, 0.25) is 0 Å². The molecule has 1 aliphatic rings. The fraction of sp³-hybridized carbons (Fsp3) is 0.261. The van der Waals surface area contributed by atoms with Crippen LogP contribution in [-0.4, -0.2) is 43.6 Å². The SMILES string of the molecule is Cc1ccc(C2(Cn3ccnc3)OCC(COc3ccc(-n4cn[nH]c4=O)cc3)O2)cc1. The van der Waals surface area contributed by atoms with E-state index in [9.17, 15) is 4.79 Å². The van der Waals surface area contributed by atoms with E-state index < -0.39 is 5.79 Å². The summed E-state index contributed by atoms with van der Waals surface area (Å²) >= 11 is 0. The second kappa shape index (κ2) is 8.45. The number of nitrogens with zero attached hydrogens (tertiary/aromatic N) is 4. The van der Waals surface area contributed by atoms with Crippen LogP contribution in [0.15, 0.2) is 78.4 Å². The molecule has 1 N–H and O–H groups in total. The molecule has 2 aromatic carbocycles. The first-order chi connectivity index (χ1) is 15.6. The highest BCUT2D eigenvalue weighted by atomic mass is 16.8. The van der Waals surface area contributed by atoms with E-state index in [0.717, 1.165) is 5.56 Å². The van der Waals surface area contributed by atoms with Gasteiger partial charge in [-0.15, -0.1) is 0 Å². The van der Waals surface area contributed by atoms with Gasteiger partial charge in [0.05, 0.1) is 25.2 Å². The fourth-order valence-corrected chi connectivity index (χ4v) is 3.72. The van der Waals surface area contributed by atoms with Crippen molar-refractivity contribution < 1.29 is 14.2 Å². The standard InChI is InChI=1S/C23H23N5O4/c1-17-2-4-18(5-3-17)23(14-27-11-10-24-15-27)31-13-21(32-23)12-30-20-8-6-19(7-9-20)28-16-25-26-22(28)29/h2-11,15-16,21H,12-14H2,1H3,(H,26,29). The van der Waals surface area contributed by atoms with Crippen molar-refractivity contribution in [1.82, 2.24) is 24.3 Å². The fourth-order valence-electron chi connectivity index (χ4n) is 3.72. The average Bonchev–Trinajstić information content (AvgIpc) is 3.56. The molecule has 3 heterocycles. The summed E-state index contributed by atoms with van der Waals surface area (Å²) in [6.45, 7) is 3.28. The predicted octanol–water partition coefficient (Wildman–Crippen LogP) is 2.41. The van der Waals surface area contributed by atoms with Crippen molar-refractivity contribution in [3.63, 3.8) is 0 Å². The van der Waals surface area contributed by atoms with Gasteiger partial charge in [0, 0.05) is 18.0 Å². The molecule has 0 aliphatic carbocycles. The van der Waals surface area contributed by atoms with E-state index >= 15 is 0 Å². The van der Waals surface area contributed by atoms with E-state index in [1.165, 1.54) is 16.5 Å². The van der Waals surface area contributed by atoms with Crippen LogP contribution < -0.4 is 10.4 Å². The Labute approximate surface area is 184 Å². The summed E-state index contributed by atoms with van der Waals surface area (Å²) < 4.78 is 21.9. The highest BCUT2D eigenvalue weighted by Gasteiger charge is 2.44. The zero-order valence-corrected chi connectivity index (χ0v) is 17.5. The summed E-state index contributed by atoms with van der Waals surface area (Å²) in [4.78, 5) is 15.8. The molecule has 2 atom stereocenters. The molecule has 0 radical (unpaired) electrons. The molecule has 4 aromatic rings. The molecule has 0 spiro atoms. The minimum absolute atomic E-state index is 0.240. The van der Waals surface area contributed by atoms with E-state index in [-0.39, 0.29) is 11.8 Å².